The van der Waals surface area contributed by atoms with Gasteiger partial charge in [-0.3, -0.25) is 14.2 Å². The van der Waals surface area contributed by atoms with Crippen molar-refractivity contribution < 1.29 is 4.79 Å². The van der Waals surface area contributed by atoms with Gasteiger partial charge in [-0.05, 0) is 55.8 Å². The highest BCUT2D eigenvalue weighted by atomic mass is 35.5. The predicted molar refractivity (Wildman–Crippen MR) is 128 cm³/mol. The Balaban J connectivity index is 1.82. The van der Waals surface area contributed by atoms with Crippen molar-refractivity contribution in [3.05, 3.63) is 111 Å². The second-order valence-corrected chi connectivity index (χ2v) is 8.07. The summed E-state index contributed by atoms with van der Waals surface area (Å²) in [5.41, 5.74) is 2.04. The first-order valence-electron chi connectivity index (χ1n) is 10.6. The SMILES string of the molecule is CCN(C(=O)c1ccc(Cl)cc1)C(C)c1nc2ccccc2c(=O)n1Cc1ccccc1. The molecule has 0 bridgehead atoms. The molecule has 1 atom stereocenters. The molecule has 1 unspecified atom stereocenters. The van der Waals surface area contributed by atoms with E-state index >= 15 is 0 Å². The van der Waals surface area contributed by atoms with Gasteiger partial charge >= 0.3 is 0 Å². The highest BCUT2D eigenvalue weighted by Crippen LogP contribution is 2.23. The van der Waals surface area contributed by atoms with E-state index in [4.69, 9.17) is 16.6 Å². The Morgan fingerprint density at radius 1 is 1.00 bits per heavy atom. The van der Waals surface area contributed by atoms with Crippen LogP contribution < -0.4 is 5.56 Å². The first-order valence-corrected chi connectivity index (χ1v) is 11.0. The normalized spacial score (nSPS) is 12.0. The van der Waals surface area contributed by atoms with E-state index in [2.05, 4.69) is 0 Å². The van der Waals surface area contributed by atoms with Gasteiger partial charge in [0.15, 0.2) is 0 Å². The van der Waals surface area contributed by atoms with Gasteiger partial charge in [0.05, 0.1) is 23.5 Å². The van der Waals surface area contributed by atoms with E-state index in [0.29, 0.717) is 40.4 Å². The number of rotatable bonds is 6. The van der Waals surface area contributed by atoms with Crippen LogP contribution in [0.25, 0.3) is 10.9 Å². The van der Waals surface area contributed by atoms with Crippen LogP contribution in [-0.2, 0) is 6.54 Å². The predicted octanol–water partition coefficient (Wildman–Crippen LogP) is 5.32. The summed E-state index contributed by atoms with van der Waals surface area (Å²) in [7, 11) is 0. The minimum absolute atomic E-state index is 0.115. The molecule has 0 saturated carbocycles. The highest BCUT2D eigenvalue weighted by Gasteiger charge is 2.26. The fourth-order valence-corrected chi connectivity index (χ4v) is 4.04. The molecule has 0 aliphatic carbocycles. The number of nitrogens with zero attached hydrogens (tertiary/aromatic N) is 3. The van der Waals surface area contributed by atoms with Gasteiger partial charge in [0.1, 0.15) is 5.82 Å². The number of halogens is 1. The molecule has 3 aromatic carbocycles. The largest absolute Gasteiger partial charge is 0.329 e. The third-order valence-corrected chi connectivity index (χ3v) is 5.86. The second kappa shape index (κ2) is 9.37. The van der Waals surface area contributed by atoms with Crippen molar-refractivity contribution in [3.63, 3.8) is 0 Å². The summed E-state index contributed by atoms with van der Waals surface area (Å²) in [6.45, 7) is 4.68. The molecule has 4 rings (SSSR count). The van der Waals surface area contributed by atoms with Gasteiger partial charge in [-0.25, -0.2) is 4.98 Å². The van der Waals surface area contributed by atoms with Gasteiger partial charge in [-0.15, -0.1) is 0 Å². The number of para-hydroxylation sites is 1. The van der Waals surface area contributed by atoms with Gasteiger partial charge in [0.2, 0.25) is 0 Å². The van der Waals surface area contributed by atoms with Crippen molar-refractivity contribution in [2.75, 3.05) is 6.54 Å². The summed E-state index contributed by atoms with van der Waals surface area (Å²) >= 11 is 5.99. The molecule has 0 radical (unpaired) electrons. The van der Waals surface area contributed by atoms with Crippen LogP contribution >= 0.6 is 11.6 Å². The lowest BCUT2D eigenvalue weighted by Crippen LogP contribution is -2.37. The van der Waals surface area contributed by atoms with Gasteiger partial charge in [-0.1, -0.05) is 54.1 Å². The maximum atomic E-state index is 13.5. The Morgan fingerprint density at radius 2 is 1.66 bits per heavy atom. The number of hydrogen-bond acceptors (Lipinski definition) is 3. The first-order chi connectivity index (χ1) is 15.5. The molecule has 0 fully saturated rings. The fourth-order valence-electron chi connectivity index (χ4n) is 3.91. The topological polar surface area (TPSA) is 55.2 Å². The molecule has 5 nitrogen and oxygen atoms in total. The summed E-state index contributed by atoms with van der Waals surface area (Å²) in [6.07, 6.45) is 0. The van der Waals surface area contributed by atoms with Gasteiger partial charge in [-0.2, -0.15) is 0 Å². The Kier molecular flexibility index (Phi) is 6.37. The molecule has 1 aromatic heterocycles. The standard InChI is InChI=1S/C26H24ClN3O2/c1-3-29(25(31)20-13-15-21(27)16-14-20)18(2)24-28-23-12-8-7-11-22(23)26(32)30(24)17-19-9-5-4-6-10-19/h4-16,18H,3,17H2,1-2H3. The smallest absolute Gasteiger partial charge is 0.261 e. The number of benzene rings is 3. The average Bonchev–Trinajstić information content (AvgIpc) is 2.82. The van der Waals surface area contributed by atoms with Crippen LogP contribution in [-0.4, -0.2) is 26.9 Å². The molecule has 32 heavy (non-hydrogen) atoms. The number of carbonyl (C=O) groups is 1. The molecule has 0 saturated heterocycles. The quantitative estimate of drug-likeness (QED) is 0.403. The van der Waals surface area contributed by atoms with E-state index in [-0.39, 0.29) is 11.5 Å². The van der Waals surface area contributed by atoms with Crippen LogP contribution in [0.1, 0.15) is 41.6 Å². The zero-order chi connectivity index (χ0) is 22.7. The van der Waals surface area contributed by atoms with Gasteiger partial charge in [0.25, 0.3) is 11.5 Å². The molecule has 6 heteroatoms. The lowest BCUT2D eigenvalue weighted by molar-refractivity contribution is 0.0691. The number of hydrogen-bond donors (Lipinski definition) is 0. The monoisotopic (exact) mass is 445 g/mol. The van der Waals surface area contributed by atoms with Crippen molar-refractivity contribution in [2.24, 2.45) is 0 Å². The van der Waals surface area contributed by atoms with Crippen LogP contribution in [0.4, 0.5) is 0 Å². The Hall–Kier alpha value is -3.44. The Morgan fingerprint density at radius 3 is 2.34 bits per heavy atom. The lowest BCUT2D eigenvalue weighted by atomic mass is 10.1. The fraction of sp³-hybridized carbons (Fsp3) is 0.192. The van der Waals surface area contributed by atoms with E-state index in [1.165, 1.54) is 0 Å². The minimum atomic E-state index is -0.413. The van der Waals surface area contributed by atoms with Gasteiger partial charge < -0.3 is 4.90 Å². The minimum Gasteiger partial charge on any atom is -0.329 e. The number of aromatic nitrogens is 2. The van der Waals surface area contributed by atoms with Crippen molar-refractivity contribution >= 4 is 28.4 Å². The molecular formula is C26H24ClN3O2. The molecule has 4 aromatic rings. The Bertz CT molecular complexity index is 1300. The van der Waals surface area contributed by atoms with Crippen molar-refractivity contribution in [1.29, 1.82) is 0 Å². The highest BCUT2D eigenvalue weighted by molar-refractivity contribution is 6.30. The van der Waals surface area contributed by atoms with Crippen molar-refractivity contribution in [1.82, 2.24) is 14.5 Å². The molecule has 0 spiro atoms. The summed E-state index contributed by atoms with van der Waals surface area (Å²) in [5.74, 6) is 0.423. The third kappa shape index (κ3) is 4.30. The molecule has 1 heterocycles. The number of carbonyl (C=O) groups excluding carboxylic acids is 1. The van der Waals surface area contributed by atoms with Crippen LogP contribution in [0.2, 0.25) is 5.02 Å². The summed E-state index contributed by atoms with van der Waals surface area (Å²) in [6, 6.07) is 23.5. The molecule has 0 N–H and O–H groups in total. The average molecular weight is 446 g/mol. The molecular weight excluding hydrogens is 422 g/mol. The molecule has 162 valence electrons. The molecule has 1 amide bonds. The van der Waals surface area contributed by atoms with Crippen molar-refractivity contribution in [3.8, 4) is 0 Å². The van der Waals surface area contributed by atoms with Crippen LogP contribution in [0, 0.1) is 0 Å². The van der Waals surface area contributed by atoms with Crippen LogP contribution in [0.15, 0.2) is 83.7 Å². The number of fused-ring (bicyclic) bond motifs is 1. The zero-order valence-corrected chi connectivity index (χ0v) is 18.8. The summed E-state index contributed by atoms with van der Waals surface area (Å²) in [4.78, 5) is 33.3. The van der Waals surface area contributed by atoms with Crippen LogP contribution in [0.3, 0.4) is 0 Å². The Labute approximate surface area is 191 Å². The molecule has 0 aliphatic heterocycles. The summed E-state index contributed by atoms with van der Waals surface area (Å²) < 4.78 is 1.68. The first kappa shape index (κ1) is 21.8. The lowest BCUT2D eigenvalue weighted by Gasteiger charge is -2.29. The van der Waals surface area contributed by atoms with Crippen LogP contribution in [0.5, 0.6) is 0 Å². The molecule has 0 aliphatic rings. The van der Waals surface area contributed by atoms with Gasteiger partial charge in [0, 0.05) is 17.1 Å². The van der Waals surface area contributed by atoms with E-state index in [1.807, 2.05) is 62.4 Å². The van der Waals surface area contributed by atoms with Crippen molar-refractivity contribution in [2.45, 2.75) is 26.4 Å². The van der Waals surface area contributed by atoms with E-state index in [9.17, 15) is 9.59 Å². The number of amides is 1. The summed E-state index contributed by atoms with van der Waals surface area (Å²) in [5, 5.41) is 1.14. The van der Waals surface area contributed by atoms with E-state index < -0.39 is 6.04 Å². The maximum absolute atomic E-state index is 13.5. The van der Waals surface area contributed by atoms with E-state index in [0.717, 1.165) is 5.56 Å². The maximum Gasteiger partial charge on any atom is 0.261 e. The third-order valence-electron chi connectivity index (χ3n) is 5.61. The zero-order valence-electron chi connectivity index (χ0n) is 18.0. The van der Waals surface area contributed by atoms with E-state index in [1.54, 1.807) is 39.8 Å². The second-order valence-electron chi connectivity index (χ2n) is 7.64.